The van der Waals surface area contributed by atoms with Crippen molar-refractivity contribution in [2.45, 2.75) is 0 Å². The van der Waals surface area contributed by atoms with Crippen LogP contribution in [0.4, 0.5) is 5.69 Å². The van der Waals surface area contributed by atoms with E-state index < -0.39 is 4.92 Å². The molecule has 0 saturated heterocycles. The van der Waals surface area contributed by atoms with Gasteiger partial charge in [0.15, 0.2) is 0 Å². The first-order chi connectivity index (χ1) is 10.7. The summed E-state index contributed by atoms with van der Waals surface area (Å²) >= 11 is 0. The third-order valence-electron chi connectivity index (χ3n) is 3.39. The van der Waals surface area contributed by atoms with E-state index in [0.29, 0.717) is 0 Å². The summed E-state index contributed by atoms with van der Waals surface area (Å²) in [6.45, 7) is 0. The van der Waals surface area contributed by atoms with Crippen LogP contribution in [0.1, 0.15) is 16.7 Å². The molecular formula is C19H13NO2. The minimum Gasteiger partial charge on any atom is -0.258 e. The average Bonchev–Trinajstić information content (AvgIpc) is 3.08. The normalized spacial score (nSPS) is 12.8. The zero-order chi connectivity index (χ0) is 15.4. The number of allylic oxidation sites excluding steroid dienone is 3. The molecule has 106 valence electrons. The number of hydrogen-bond donors (Lipinski definition) is 0. The fourth-order valence-electron chi connectivity index (χ4n) is 2.18. The van der Waals surface area contributed by atoms with E-state index in [4.69, 9.17) is 0 Å². The van der Waals surface area contributed by atoms with Gasteiger partial charge < -0.3 is 0 Å². The number of nitrogens with zero attached hydrogens (tertiary/aromatic N) is 1. The van der Waals surface area contributed by atoms with E-state index in [9.17, 15) is 10.1 Å². The maximum Gasteiger partial charge on any atom is 0.269 e. The highest BCUT2D eigenvalue weighted by Crippen LogP contribution is 2.19. The Labute approximate surface area is 128 Å². The Morgan fingerprint density at radius 1 is 0.909 bits per heavy atom. The van der Waals surface area contributed by atoms with Gasteiger partial charge in [0.25, 0.3) is 5.69 Å². The minimum absolute atomic E-state index is 0.104. The second-order valence-corrected chi connectivity index (χ2v) is 4.89. The Hall–Kier alpha value is -3.16. The first-order valence-corrected chi connectivity index (χ1v) is 6.89. The number of nitro groups is 1. The maximum absolute atomic E-state index is 10.6. The van der Waals surface area contributed by atoms with Crippen LogP contribution < -0.4 is 0 Å². The van der Waals surface area contributed by atoms with Crippen LogP contribution in [0.5, 0.6) is 0 Å². The molecule has 3 rings (SSSR count). The third-order valence-corrected chi connectivity index (χ3v) is 3.39. The summed E-state index contributed by atoms with van der Waals surface area (Å²) in [6.07, 6.45) is 9.82. The van der Waals surface area contributed by atoms with E-state index in [1.807, 2.05) is 42.5 Å². The number of nitro benzene ring substituents is 1. The first kappa shape index (κ1) is 13.8. The van der Waals surface area contributed by atoms with Gasteiger partial charge in [0.1, 0.15) is 0 Å². The molecule has 3 nitrogen and oxygen atoms in total. The van der Waals surface area contributed by atoms with Crippen LogP contribution in [0, 0.1) is 10.1 Å². The number of rotatable bonds is 4. The number of benzene rings is 2. The van der Waals surface area contributed by atoms with Crippen LogP contribution in [-0.2, 0) is 0 Å². The van der Waals surface area contributed by atoms with Crippen LogP contribution in [0.15, 0.2) is 72.5 Å². The highest BCUT2D eigenvalue weighted by molar-refractivity contribution is 5.77. The van der Waals surface area contributed by atoms with Crippen molar-refractivity contribution in [2.24, 2.45) is 0 Å². The van der Waals surface area contributed by atoms with Crippen molar-refractivity contribution in [2.75, 3.05) is 0 Å². The van der Waals surface area contributed by atoms with Crippen LogP contribution in [0.3, 0.4) is 0 Å². The molecule has 0 radical (unpaired) electrons. The smallest absolute Gasteiger partial charge is 0.258 e. The summed E-state index contributed by atoms with van der Waals surface area (Å²) in [7, 11) is 0. The van der Waals surface area contributed by atoms with Crippen LogP contribution >= 0.6 is 0 Å². The molecule has 0 saturated carbocycles. The summed E-state index contributed by atoms with van der Waals surface area (Å²) < 4.78 is 0. The molecule has 1 aliphatic rings. The van der Waals surface area contributed by atoms with Gasteiger partial charge in [0, 0.05) is 17.7 Å². The van der Waals surface area contributed by atoms with Gasteiger partial charge in [-0.15, -0.1) is 5.73 Å². The Bertz CT molecular complexity index is 819. The highest BCUT2D eigenvalue weighted by Gasteiger charge is 2.02. The average molecular weight is 287 g/mol. The third kappa shape index (κ3) is 3.11. The SMILES string of the molecule is O=[N+]([O-])c1ccc(/C=C/c2ccc(C3=C=CC=C3)cc2)cc1. The molecule has 0 bridgehead atoms. The standard InChI is InChI=1S/C19H13NO2/c21-20(22)19-13-9-16(10-14-19)6-5-15-7-11-18(12-8-15)17-3-1-2-4-17/h1-3,5-14H/b6-5+. The number of non-ortho nitro benzene ring substituents is 1. The lowest BCUT2D eigenvalue weighted by atomic mass is 10.0. The molecule has 0 heterocycles. The Kier molecular flexibility index (Phi) is 3.82. The fraction of sp³-hybridized carbons (Fsp3) is 0. The van der Waals surface area contributed by atoms with Gasteiger partial charge in [0.05, 0.1) is 4.92 Å². The summed E-state index contributed by atoms with van der Waals surface area (Å²) in [5.41, 5.74) is 7.51. The summed E-state index contributed by atoms with van der Waals surface area (Å²) in [5.74, 6) is 0. The first-order valence-electron chi connectivity index (χ1n) is 6.89. The van der Waals surface area contributed by atoms with Gasteiger partial charge in [-0.3, -0.25) is 10.1 Å². The Balaban J connectivity index is 1.73. The molecule has 0 amide bonds. The van der Waals surface area contributed by atoms with E-state index in [-0.39, 0.29) is 5.69 Å². The zero-order valence-corrected chi connectivity index (χ0v) is 11.8. The van der Waals surface area contributed by atoms with Crippen LogP contribution in [0.25, 0.3) is 17.7 Å². The molecule has 22 heavy (non-hydrogen) atoms. The molecule has 2 aromatic carbocycles. The predicted octanol–water partition coefficient (Wildman–Crippen LogP) is 4.87. The van der Waals surface area contributed by atoms with Crippen molar-refractivity contribution in [3.63, 3.8) is 0 Å². The van der Waals surface area contributed by atoms with Gasteiger partial charge in [-0.1, -0.05) is 42.5 Å². The van der Waals surface area contributed by atoms with E-state index >= 15 is 0 Å². The van der Waals surface area contributed by atoms with Crippen LogP contribution in [0.2, 0.25) is 0 Å². The molecule has 0 N–H and O–H groups in total. The zero-order valence-electron chi connectivity index (χ0n) is 11.8. The lowest BCUT2D eigenvalue weighted by Gasteiger charge is -2.00. The van der Waals surface area contributed by atoms with Crippen LogP contribution in [-0.4, -0.2) is 4.92 Å². The van der Waals surface area contributed by atoms with Crippen molar-refractivity contribution in [1.29, 1.82) is 0 Å². The van der Waals surface area contributed by atoms with Crippen molar-refractivity contribution in [3.8, 4) is 0 Å². The predicted molar refractivity (Wildman–Crippen MR) is 89.1 cm³/mol. The highest BCUT2D eigenvalue weighted by atomic mass is 16.6. The molecule has 0 atom stereocenters. The van der Waals surface area contributed by atoms with Gasteiger partial charge in [-0.2, -0.15) is 0 Å². The molecule has 0 fully saturated rings. The molecule has 0 aromatic heterocycles. The van der Waals surface area contributed by atoms with Crippen molar-refractivity contribution >= 4 is 23.4 Å². The Morgan fingerprint density at radius 3 is 2.00 bits per heavy atom. The van der Waals surface area contributed by atoms with E-state index in [1.54, 1.807) is 12.1 Å². The molecule has 3 heteroatoms. The largest absolute Gasteiger partial charge is 0.269 e. The van der Waals surface area contributed by atoms with E-state index in [0.717, 1.165) is 22.3 Å². The van der Waals surface area contributed by atoms with Gasteiger partial charge >= 0.3 is 0 Å². The summed E-state index contributed by atoms with van der Waals surface area (Å²) in [6, 6.07) is 14.7. The quantitative estimate of drug-likeness (QED) is 0.348. The second-order valence-electron chi connectivity index (χ2n) is 4.89. The van der Waals surface area contributed by atoms with Gasteiger partial charge in [-0.05, 0) is 41.0 Å². The summed E-state index contributed by atoms with van der Waals surface area (Å²) in [5, 5.41) is 10.6. The lowest BCUT2D eigenvalue weighted by Crippen LogP contribution is -1.86. The van der Waals surface area contributed by atoms with Gasteiger partial charge in [-0.25, -0.2) is 0 Å². The van der Waals surface area contributed by atoms with Crippen molar-refractivity contribution in [1.82, 2.24) is 0 Å². The maximum atomic E-state index is 10.6. The molecule has 0 aliphatic heterocycles. The van der Waals surface area contributed by atoms with Crippen molar-refractivity contribution < 1.29 is 4.92 Å². The lowest BCUT2D eigenvalue weighted by molar-refractivity contribution is -0.384. The fourth-order valence-corrected chi connectivity index (χ4v) is 2.18. The molecule has 0 unspecified atom stereocenters. The molecular weight excluding hydrogens is 274 g/mol. The van der Waals surface area contributed by atoms with E-state index in [2.05, 4.69) is 17.9 Å². The topological polar surface area (TPSA) is 43.1 Å². The molecule has 0 spiro atoms. The Morgan fingerprint density at radius 2 is 1.50 bits per heavy atom. The van der Waals surface area contributed by atoms with E-state index in [1.165, 1.54) is 12.1 Å². The van der Waals surface area contributed by atoms with Crippen molar-refractivity contribution in [3.05, 3.63) is 99.3 Å². The molecule has 2 aromatic rings. The summed E-state index contributed by atoms with van der Waals surface area (Å²) in [4.78, 5) is 10.2. The monoisotopic (exact) mass is 287 g/mol. The van der Waals surface area contributed by atoms with Gasteiger partial charge in [0.2, 0.25) is 0 Å². The second kappa shape index (κ2) is 6.08. The molecule has 1 aliphatic carbocycles. The minimum atomic E-state index is -0.396. The number of hydrogen-bond acceptors (Lipinski definition) is 2.